The van der Waals surface area contributed by atoms with Gasteiger partial charge in [0.1, 0.15) is 16.9 Å². The first-order valence-electron chi connectivity index (χ1n) is 4.47. The SMILES string of the molecule is Cc1nc(-c2cn3ncsc3n2)c(C)s1. The van der Waals surface area contributed by atoms with Crippen LogP contribution in [0.15, 0.2) is 11.7 Å². The van der Waals surface area contributed by atoms with E-state index in [1.54, 1.807) is 21.4 Å². The lowest BCUT2D eigenvalue weighted by Gasteiger charge is -1.89. The van der Waals surface area contributed by atoms with E-state index in [0.29, 0.717) is 0 Å². The van der Waals surface area contributed by atoms with E-state index in [0.717, 1.165) is 21.4 Å². The molecule has 0 aromatic carbocycles. The predicted molar refractivity (Wildman–Crippen MR) is 61.4 cm³/mol. The van der Waals surface area contributed by atoms with Gasteiger partial charge >= 0.3 is 0 Å². The van der Waals surface area contributed by atoms with Gasteiger partial charge in [-0.15, -0.1) is 11.3 Å². The lowest BCUT2D eigenvalue weighted by molar-refractivity contribution is 0.974. The fourth-order valence-electron chi connectivity index (χ4n) is 1.52. The van der Waals surface area contributed by atoms with Crippen molar-refractivity contribution in [3.63, 3.8) is 0 Å². The smallest absolute Gasteiger partial charge is 0.212 e. The molecule has 3 aromatic rings. The molecule has 0 saturated heterocycles. The summed E-state index contributed by atoms with van der Waals surface area (Å²) in [7, 11) is 0. The molecule has 0 amide bonds. The van der Waals surface area contributed by atoms with Crippen LogP contribution in [-0.2, 0) is 0 Å². The molecular formula is C9H8N4S2. The van der Waals surface area contributed by atoms with E-state index in [1.165, 1.54) is 16.2 Å². The van der Waals surface area contributed by atoms with E-state index in [-0.39, 0.29) is 0 Å². The quantitative estimate of drug-likeness (QED) is 0.652. The van der Waals surface area contributed by atoms with Crippen molar-refractivity contribution in [2.75, 3.05) is 0 Å². The third-order valence-corrected chi connectivity index (χ3v) is 3.71. The van der Waals surface area contributed by atoms with E-state index in [9.17, 15) is 0 Å². The van der Waals surface area contributed by atoms with Gasteiger partial charge in [-0.1, -0.05) is 11.3 Å². The third-order valence-electron chi connectivity index (χ3n) is 2.13. The van der Waals surface area contributed by atoms with Gasteiger partial charge in [-0.2, -0.15) is 5.10 Å². The Kier molecular flexibility index (Phi) is 1.86. The molecule has 0 fully saturated rings. The second kappa shape index (κ2) is 3.11. The number of rotatable bonds is 1. The monoisotopic (exact) mass is 236 g/mol. The zero-order chi connectivity index (χ0) is 10.4. The topological polar surface area (TPSA) is 43.1 Å². The normalized spacial score (nSPS) is 11.3. The molecular weight excluding hydrogens is 228 g/mol. The fourth-order valence-corrected chi connectivity index (χ4v) is 2.95. The molecule has 0 radical (unpaired) electrons. The number of imidazole rings is 1. The second-order valence-electron chi connectivity index (χ2n) is 3.23. The van der Waals surface area contributed by atoms with Crippen molar-refractivity contribution in [1.29, 1.82) is 0 Å². The Balaban J connectivity index is 2.21. The molecule has 0 saturated carbocycles. The van der Waals surface area contributed by atoms with Crippen molar-refractivity contribution in [2.24, 2.45) is 0 Å². The van der Waals surface area contributed by atoms with E-state index in [2.05, 4.69) is 22.0 Å². The molecule has 0 aliphatic heterocycles. The predicted octanol–water partition coefficient (Wildman–Crippen LogP) is 2.53. The summed E-state index contributed by atoms with van der Waals surface area (Å²) in [6, 6.07) is 0. The average molecular weight is 236 g/mol. The lowest BCUT2D eigenvalue weighted by Crippen LogP contribution is -1.80. The Hall–Kier alpha value is -1.27. The first kappa shape index (κ1) is 8.99. The summed E-state index contributed by atoms with van der Waals surface area (Å²) in [6.45, 7) is 4.08. The summed E-state index contributed by atoms with van der Waals surface area (Å²) in [5, 5.41) is 5.23. The minimum Gasteiger partial charge on any atom is -0.240 e. The second-order valence-corrected chi connectivity index (χ2v) is 5.45. The number of aryl methyl sites for hydroxylation is 2. The van der Waals surface area contributed by atoms with Crippen LogP contribution in [0.3, 0.4) is 0 Å². The maximum absolute atomic E-state index is 4.48. The molecule has 6 heteroatoms. The van der Waals surface area contributed by atoms with Gasteiger partial charge < -0.3 is 0 Å². The van der Waals surface area contributed by atoms with Gasteiger partial charge in [0.2, 0.25) is 4.96 Å². The van der Waals surface area contributed by atoms with E-state index < -0.39 is 0 Å². The van der Waals surface area contributed by atoms with Crippen LogP contribution in [0.25, 0.3) is 16.3 Å². The molecule has 0 aliphatic rings. The lowest BCUT2D eigenvalue weighted by atomic mass is 10.3. The summed E-state index contributed by atoms with van der Waals surface area (Å²) in [6.07, 6.45) is 1.92. The maximum Gasteiger partial charge on any atom is 0.212 e. The van der Waals surface area contributed by atoms with Crippen LogP contribution in [-0.4, -0.2) is 19.6 Å². The van der Waals surface area contributed by atoms with Crippen molar-refractivity contribution in [3.8, 4) is 11.4 Å². The molecule has 0 spiro atoms. The fraction of sp³-hybridized carbons (Fsp3) is 0.222. The summed E-state index contributed by atoms with van der Waals surface area (Å²) in [4.78, 5) is 11.1. The highest BCUT2D eigenvalue weighted by Gasteiger charge is 2.12. The number of aromatic nitrogens is 4. The number of thiazole rings is 1. The van der Waals surface area contributed by atoms with Crippen LogP contribution in [0.2, 0.25) is 0 Å². The van der Waals surface area contributed by atoms with Crippen LogP contribution in [0.5, 0.6) is 0 Å². The molecule has 0 bridgehead atoms. The van der Waals surface area contributed by atoms with Gasteiger partial charge in [0, 0.05) is 4.88 Å². The van der Waals surface area contributed by atoms with E-state index in [1.807, 2.05) is 13.1 Å². The Bertz CT molecular complexity index is 590. The first-order valence-corrected chi connectivity index (χ1v) is 6.17. The minimum absolute atomic E-state index is 0.912. The summed E-state index contributed by atoms with van der Waals surface area (Å²) >= 11 is 3.23. The van der Waals surface area contributed by atoms with Crippen LogP contribution in [0.4, 0.5) is 0 Å². The zero-order valence-corrected chi connectivity index (χ0v) is 9.89. The van der Waals surface area contributed by atoms with Gasteiger partial charge in [0.05, 0.1) is 11.2 Å². The van der Waals surface area contributed by atoms with Gasteiger partial charge in [-0.05, 0) is 13.8 Å². The minimum atomic E-state index is 0.912. The molecule has 0 atom stereocenters. The van der Waals surface area contributed by atoms with Crippen LogP contribution >= 0.6 is 22.7 Å². The van der Waals surface area contributed by atoms with Crippen molar-refractivity contribution in [1.82, 2.24) is 19.6 Å². The van der Waals surface area contributed by atoms with Crippen LogP contribution in [0, 0.1) is 13.8 Å². The zero-order valence-electron chi connectivity index (χ0n) is 8.26. The van der Waals surface area contributed by atoms with Crippen LogP contribution in [0.1, 0.15) is 9.88 Å². The Morgan fingerprint density at radius 1 is 1.27 bits per heavy atom. The van der Waals surface area contributed by atoms with Crippen molar-refractivity contribution >= 4 is 27.6 Å². The van der Waals surface area contributed by atoms with Crippen molar-refractivity contribution in [2.45, 2.75) is 13.8 Å². The van der Waals surface area contributed by atoms with Gasteiger partial charge in [0.15, 0.2) is 0 Å². The van der Waals surface area contributed by atoms with Crippen molar-refractivity contribution < 1.29 is 0 Å². The highest BCUT2D eigenvalue weighted by atomic mass is 32.1. The number of nitrogens with zero attached hydrogens (tertiary/aromatic N) is 4. The molecule has 3 heterocycles. The number of hydrogen-bond donors (Lipinski definition) is 0. The molecule has 0 N–H and O–H groups in total. The molecule has 15 heavy (non-hydrogen) atoms. The molecule has 0 aliphatic carbocycles. The molecule has 3 aromatic heterocycles. The number of fused-ring (bicyclic) bond motifs is 1. The standard InChI is InChI=1S/C9H8N4S2/c1-5-8(11-6(2)15-5)7-3-13-9(12-7)14-4-10-13/h3-4H,1-2H3. The molecule has 0 unspecified atom stereocenters. The van der Waals surface area contributed by atoms with Crippen molar-refractivity contribution in [3.05, 3.63) is 21.6 Å². The Labute approximate surface area is 94.2 Å². The molecule has 3 rings (SSSR count). The molecule has 4 nitrogen and oxygen atoms in total. The average Bonchev–Trinajstić information content (AvgIpc) is 2.77. The Morgan fingerprint density at radius 2 is 2.13 bits per heavy atom. The van der Waals surface area contributed by atoms with Crippen LogP contribution < -0.4 is 0 Å². The van der Waals surface area contributed by atoms with Gasteiger partial charge in [-0.3, -0.25) is 0 Å². The third kappa shape index (κ3) is 1.37. The summed E-state index contributed by atoms with van der Waals surface area (Å²) < 4.78 is 1.79. The highest BCUT2D eigenvalue weighted by molar-refractivity contribution is 7.14. The largest absolute Gasteiger partial charge is 0.240 e. The van der Waals surface area contributed by atoms with E-state index in [4.69, 9.17) is 0 Å². The molecule has 76 valence electrons. The van der Waals surface area contributed by atoms with Gasteiger partial charge in [-0.25, -0.2) is 14.5 Å². The van der Waals surface area contributed by atoms with Gasteiger partial charge in [0.25, 0.3) is 0 Å². The number of hydrogen-bond acceptors (Lipinski definition) is 5. The van der Waals surface area contributed by atoms with E-state index >= 15 is 0 Å². The summed E-state index contributed by atoms with van der Waals surface area (Å²) in [5.74, 6) is 0. The highest BCUT2D eigenvalue weighted by Crippen LogP contribution is 2.26. The maximum atomic E-state index is 4.48. The Morgan fingerprint density at radius 3 is 2.80 bits per heavy atom. The summed E-state index contributed by atoms with van der Waals surface area (Å²) in [5.41, 5.74) is 3.68. The first-order chi connectivity index (χ1) is 7.24.